The number of hydrogen-bond acceptors (Lipinski definition) is 4. The van der Waals surface area contributed by atoms with E-state index in [1.54, 1.807) is 12.1 Å². The summed E-state index contributed by atoms with van der Waals surface area (Å²) in [5.74, 6) is 0.0726. The molecule has 24 heavy (non-hydrogen) atoms. The molecule has 1 saturated heterocycles. The van der Waals surface area contributed by atoms with Gasteiger partial charge in [0.1, 0.15) is 0 Å². The highest BCUT2D eigenvalue weighted by Gasteiger charge is 2.25. The number of ether oxygens (including phenoxy) is 1. The van der Waals surface area contributed by atoms with Gasteiger partial charge in [-0.05, 0) is 30.5 Å². The summed E-state index contributed by atoms with van der Waals surface area (Å²) in [5, 5.41) is 2.88. The fraction of sp³-hybridized carbons (Fsp3) is 0.588. The van der Waals surface area contributed by atoms with Crippen molar-refractivity contribution in [1.29, 1.82) is 0 Å². The topological polar surface area (TPSA) is 75.7 Å². The van der Waals surface area contributed by atoms with Gasteiger partial charge in [-0.2, -0.15) is 4.31 Å². The minimum Gasteiger partial charge on any atom is -0.379 e. The zero-order chi connectivity index (χ0) is 17.4. The fourth-order valence-electron chi connectivity index (χ4n) is 2.54. The summed E-state index contributed by atoms with van der Waals surface area (Å²) in [7, 11) is -3.44. The summed E-state index contributed by atoms with van der Waals surface area (Å²) in [5.41, 5.74) is 1.01. The summed E-state index contributed by atoms with van der Waals surface area (Å²) in [6, 6.07) is 6.90. The van der Waals surface area contributed by atoms with E-state index >= 15 is 0 Å². The van der Waals surface area contributed by atoms with E-state index in [0.717, 1.165) is 18.4 Å². The van der Waals surface area contributed by atoms with Crippen LogP contribution in [0.5, 0.6) is 0 Å². The molecule has 0 aliphatic carbocycles. The average molecular weight is 354 g/mol. The molecule has 1 aliphatic rings. The lowest BCUT2D eigenvalue weighted by atomic mass is 10.1. The van der Waals surface area contributed by atoms with Crippen LogP contribution < -0.4 is 5.32 Å². The van der Waals surface area contributed by atoms with Gasteiger partial charge in [0, 0.05) is 26.1 Å². The minimum absolute atomic E-state index is 0.0726. The van der Waals surface area contributed by atoms with Gasteiger partial charge in [0.15, 0.2) is 0 Å². The van der Waals surface area contributed by atoms with Gasteiger partial charge in [-0.1, -0.05) is 25.5 Å². The van der Waals surface area contributed by atoms with E-state index in [0.29, 0.717) is 50.6 Å². The summed E-state index contributed by atoms with van der Waals surface area (Å²) in [6.07, 6.45) is 3.16. The van der Waals surface area contributed by atoms with Crippen LogP contribution in [0.4, 0.5) is 0 Å². The molecule has 1 aromatic carbocycles. The van der Waals surface area contributed by atoms with E-state index < -0.39 is 10.0 Å². The van der Waals surface area contributed by atoms with Crippen LogP contribution in [-0.2, 0) is 26.0 Å². The van der Waals surface area contributed by atoms with Gasteiger partial charge in [0.05, 0.1) is 18.1 Å². The molecule has 0 saturated carbocycles. The molecule has 0 spiro atoms. The molecule has 2 rings (SSSR count). The normalized spacial score (nSPS) is 16.0. The van der Waals surface area contributed by atoms with Crippen LogP contribution in [0.2, 0.25) is 0 Å². The monoisotopic (exact) mass is 354 g/mol. The number of benzene rings is 1. The van der Waals surface area contributed by atoms with Gasteiger partial charge in [0.25, 0.3) is 0 Å². The van der Waals surface area contributed by atoms with Crippen molar-refractivity contribution in [3.63, 3.8) is 0 Å². The largest absolute Gasteiger partial charge is 0.379 e. The number of unbranched alkanes of at least 4 members (excludes halogenated alkanes) is 1. The molecule has 1 N–H and O–H groups in total. The zero-order valence-electron chi connectivity index (χ0n) is 14.2. The van der Waals surface area contributed by atoms with Crippen LogP contribution in [-0.4, -0.2) is 51.5 Å². The van der Waals surface area contributed by atoms with Crippen LogP contribution >= 0.6 is 0 Å². The van der Waals surface area contributed by atoms with Gasteiger partial charge < -0.3 is 10.1 Å². The Bertz CT molecular complexity index is 622. The molecule has 0 unspecified atom stereocenters. The molecule has 6 nitrogen and oxygen atoms in total. The van der Waals surface area contributed by atoms with Crippen molar-refractivity contribution >= 4 is 15.9 Å². The third kappa shape index (κ3) is 5.29. The maximum absolute atomic E-state index is 12.5. The van der Waals surface area contributed by atoms with E-state index in [1.807, 2.05) is 12.1 Å². The van der Waals surface area contributed by atoms with E-state index in [1.165, 1.54) is 4.31 Å². The van der Waals surface area contributed by atoms with E-state index in [4.69, 9.17) is 4.74 Å². The van der Waals surface area contributed by atoms with Crippen molar-refractivity contribution in [2.24, 2.45) is 0 Å². The third-order valence-electron chi connectivity index (χ3n) is 4.02. The number of carbonyl (C=O) groups is 1. The average Bonchev–Trinajstić information content (AvgIpc) is 2.61. The molecule has 7 heteroatoms. The van der Waals surface area contributed by atoms with Crippen LogP contribution in [0.1, 0.15) is 31.7 Å². The second-order valence-electron chi connectivity index (χ2n) is 5.86. The Hall–Kier alpha value is -1.44. The lowest BCUT2D eigenvalue weighted by molar-refractivity contribution is -0.121. The molecule has 1 amide bonds. The molecule has 1 aromatic rings. The Labute approximate surface area is 144 Å². The molecule has 0 atom stereocenters. The lowest BCUT2D eigenvalue weighted by Crippen LogP contribution is -2.40. The molecule has 1 heterocycles. The van der Waals surface area contributed by atoms with Gasteiger partial charge in [-0.3, -0.25) is 4.79 Å². The van der Waals surface area contributed by atoms with Gasteiger partial charge >= 0.3 is 0 Å². The lowest BCUT2D eigenvalue weighted by Gasteiger charge is -2.26. The minimum atomic E-state index is -3.44. The number of nitrogens with zero attached hydrogens (tertiary/aromatic N) is 1. The Morgan fingerprint density at radius 1 is 1.21 bits per heavy atom. The van der Waals surface area contributed by atoms with E-state index in [-0.39, 0.29) is 5.91 Å². The number of nitrogens with one attached hydrogen (secondary N) is 1. The highest BCUT2D eigenvalue weighted by atomic mass is 32.2. The Morgan fingerprint density at radius 2 is 1.88 bits per heavy atom. The molecule has 1 fully saturated rings. The van der Waals surface area contributed by atoms with Crippen molar-refractivity contribution in [1.82, 2.24) is 9.62 Å². The summed E-state index contributed by atoms with van der Waals surface area (Å²) < 4.78 is 31.7. The van der Waals surface area contributed by atoms with Gasteiger partial charge in [0.2, 0.25) is 15.9 Å². The van der Waals surface area contributed by atoms with E-state index in [2.05, 4.69) is 12.2 Å². The molecule has 0 aromatic heterocycles. The molecule has 1 aliphatic heterocycles. The number of morpholine rings is 1. The van der Waals surface area contributed by atoms with Gasteiger partial charge in [-0.15, -0.1) is 0 Å². The fourth-order valence-corrected chi connectivity index (χ4v) is 3.94. The van der Waals surface area contributed by atoms with Crippen molar-refractivity contribution in [2.45, 2.75) is 37.5 Å². The van der Waals surface area contributed by atoms with Gasteiger partial charge in [-0.25, -0.2) is 8.42 Å². The Balaban J connectivity index is 1.87. The first-order valence-corrected chi connectivity index (χ1v) is 9.91. The first kappa shape index (κ1) is 18.9. The van der Waals surface area contributed by atoms with Crippen molar-refractivity contribution < 1.29 is 17.9 Å². The standard InChI is InChI=1S/C17H26N2O4S/c1-2-3-4-17(20)18-10-9-15-5-7-16(8-6-15)24(21,22)19-11-13-23-14-12-19/h5-8H,2-4,9-14H2,1H3,(H,18,20). The number of amides is 1. The molecular weight excluding hydrogens is 328 g/mol. The molecular formula is C17H26N2O4S. The first-order valence-electron chi connectivity index (χ1n) is 8.47. The smallest absolute Gasteiger partial charge is 0.243 e. The SMILES string of the molecule is CCCCC(=O)NCCc1ccc(S(=O)(=O)N2CCOCC2)cc1. The highest BCUT2D eigenvalue weighted by molar-refractivity contribution is 7.89. The zero-order valence-corrected chi connectivity index (χ0v) is 15.0. The summed E-state index contributed by atoms with van der Waals surface area (Å²) >= 11 is 0. The number of carbonyl (C=O) groups excluding carboxylic acids is 1. The summed E-state index contributed by atoms with van der Waals surface area (Å²) in [6.45, 7) is 4.30. The number of rotatable bonds is 8. The van der Waals surface area contributed by atoms with Crippen molar-refractivity contribution in [3.05, 3.63) is 29.8 Å². The predicted molar refractivity (Wildman–Crippen MR) is 92.3 cm³/mol. The predicted octanol–water partition coefficient (Wildman–Crippen LogP) is 1.56. The van der Waals surface area contributed by atoms with Crippen LogP contribution in [0, 0.1) is 0 Å². The highest BCUT2D eigenvalue weighted by Crippen LogP contribution is 2.17. The maximum Gasteiger partial charge on any atom is 0.243 e. The first-order chi connectivity index (χ1) is 11.5. The van der Waals surface area contributed by atoms with Crippen LogP contribution in [0.15, 0.2) is 29.2 Å². The quantitative estimate of drug-likeness (QED) is 0.769. The number of sulfonamides is 1. The molecule has 134 valence electrons. The summed E-state index contributed by atoms with van der Waals surface area (Å²) in [4.78, 5) is 11.9. The van der Waals surface area contributed by atoms with Crippen molar-refractivity contribution in [2.75, 3.05) is 32.8 Å². The molecule has 0 radical (unpaired) electrons. The second kappa shape index (κ2) is 9.15. The number of hydrogen-bond donors (Lipinski definition) is 1. The second-order valence-corrected chi connectivity index (χ2v) is 7.80. The van der Waals surface area contributed by atoms with Crippen LogP contribution in [0.3, 0.4) is 0 Å². The maximum atomic E-state index is 12.5. The van der Waals surface area contributed by atoms with E-state index in [9.17, 15) is 13.2 Å². The van der Waals surface area contributed by atoms with Crippen molar-refractivity contribution in [3.8, 4) is 0 Å². The Morgan fingerprint density at radius 3 is 2.50 bits per heavy atom. The Kier molecular flexibility index (Phi) is 7.20. The third-order valence-corrected chi connectivity index (χ3v) is 5.94. The van der Waals surface area contributed by atoms with Crippen LogP contribution in [0.25, 0.3) is 0 Å². The molecule has 0 bridgehead atoms.